The lowest BCUT2D eigenvalue weighted by Crippen LogP contribution is -2.00. The first-order valence-electron chi connectivity index (χ1n) is 14.9. The van der Waals surface area contributed by atoms with Crippen molar-refractivity contribution in [3.63, 3.8) is 0 Å². The number of hydrogen-bond acceptors (Lipinski definition) is 0. The van der Waals surface area contributed by atoms with E-state index in [4.69, 9.17) is 0 Å². The molecule has 1 aromatic heterocycles. The summed E-state index contributed by atoms with van der Waals surface area (Å²) in [6.45, 7) is 0. The number of rotatable bonds is 5. The van der Waals surface area contributed by atoms with E-state index in [1.807, 2.05) is 0 Å². The fourth-order valence-corrected chi connectivity index (χ4v) is 6.75. The maximum absolute atomic E-state index is 3.60. The van der Waals surface area contributed by atoms with Crippen LogP contribution in [0.2, 0.25) is 0 Å². The van der Waals surface area contributed by atoms with Crippen LogP contribution in [0, 0.1) is 0 Å². The van der Waals surface area contributed by atoms with Gasteiger partial charge in [-0.3, -0.25) is 0 Å². The fraction of sp³-hybridized carbons (Fsp3) is 0. The van der Waals surface area contributed by atoms with E-state index in [1.165, 1.54) is 72.0 Å². The van der Waals surface area contributed by atoms with Crippen LogP contribution in [0.15, 0.2) is 174 Å². The van der Waals surface area contributed by atoms with Crippen LogP contribution in [0.5, 0.6) is 0 Å². The molecule has 0 fully saturated rings. The van der Waals surface area contributed by atoms with Crippen LogP contribution >= 0.6 is 15.9 Å². The minimum atomic E-state index is 1.08. The summed E-state index contributed by atoms with van der Waals surface area (Å²) in [6.07, 6.45) is 0. The molecule has 1 nitrogen and oxygen atoms in total. The number of fused-ring (bicyclic) bond motifs is 3. The molecule has 8 aromatic rings. The molecular weight excluding hydrogens is 598 g/mol. The Kier molecular flexibility index (Phi) is 6.70. The Balaban J connectivity index is 1.46. The van der Waals surface area contributed by atoms with Crippen molar-refractivity contribution < 1.29 is 0 Å². The second-order valence-electron chi connectivity index (χ2n) is 11.1. The third kappa shape index (κ3) is 4.56. The molecule has 8 rings (SSSR count). The monoisotopic (exact) mass is 625 g/mol. The molecule has 44 heavy (non-hydrogen) atoms. The van der Waals surface area contributed by atoms with Crippen LogP contribution in [0.3, 0.4) is 0 Å². The van der Waals surface area contributed by atoms with E-state index in [9.17, 15) is 0 Å². The molecule has 0 radical (unpaired) electrons. The number of nitrogens with zero attached hydrogens (tertiary/aromatic N) is 1. The van der Waals surface area contributed by atoms with Gasteiger partial charge in [0.05, 0.1) is 16.7 Å². The van der Waals surface area contributed by atoms with Gasteiger partial charge in [-0.2, -0.15) is 0 Å². The van der Waals surface area contributed by atoms with E-state index >= 15 is 0 Å². The summed E-state index contributed by atoms with van der Waals surface area (Å²) in [5, 5.41) is 2.49. The first-order valence-corrected chi connectivity index (χ1v) is 15.7. The summed E-state index contributed by atoms with van der Waals surface area (Å²) in [4.78, 5) is 0. The second-order valence-corrected chi connectivity index (χ2v) is 12.0. The minimum absolute atomic E-state index is 1.08. The maximum atomic E-state index is 3.60. The standard InChI is InChI=1S/C42H28BrN/c43-33-25-22-31(23-26-33)34-16-7-8-17-35(34)32-24-27-39-38-18-9-10-21-40(38)44(41(39)28-32)42-36(29-12-3-1-4-13-29)19-11-20-37(42)30-14-5-2-6-15-30/h1-28H. The van der Waals surface area contributed by atoms with Gasteiger partial charge in [-0.15, -0.1) is 0 Å². The van der Waals surface area contributed by atoms with Gasteiger partial charge in [0, 0.05) is 26.4 Å². The van der Waals surface area contributed by atoms with Gasteiger partial charge in [-0.1, -0.05) is 162 Å². The van der Waals surface area contributed by atoms with Gasteiger partial charge in [0.15, 0.2) is 0 Å². The van der Waals surface area contributed by atoms with Crippen molar-refractivity contribution in [2.45, 2.75) is 0 Å². The average molecular weight is 627 g/mol. The molecule has 1 heterocycles. The predicted octanol–water partition coefficient (Wildman–Crippen LogP) is 12.2. The van der Waals surface area contributed by atoms with Crippen molar-refractivity contribution in [3.05, 3.63) is 174 Å². The van der Waals surface area contributed by atoms with Gasteiger partial charge >= 0.3 is 0 Å². The Hall–Kier alpha value is -5.18. The van der Waals surface area contributed by atoms with Gasteiger partial charge in [0.1, 0.15) is 0 Å². The highest BCUT2D eigenvalue weighted by molar-refractivity contribution is 9.10. The third-order valence-corrected chi connectivity index (χ3v) is 9.02. The molecule has 0 atom stereocenters. The Bertz CT molecular complexity index is 2200. The van der Waals surface area contributed by atoms with Gasteiger partial charge < -0.3 is 4.57 Å². The zero-order valence-corrected chi connectivity index (χ0v) is 25.6. The zero-order chi connectivity index (χ0) is 29.5. The number of halogens is 1. The Morgan fingerprint density at radius 3 is 1.48 bits per heavy atom. The smallest absolute Gasteiger partial charge is 0.0618 e. The average Bonchev–Trinajstić information content (AvgIpc) is 3.42. The first kappa shape index (κ1) is 26.4. The molecule has 0 spiro atoms. The van der Waals surface area contributed by atoms with Crippen LogP contribution in [0.25, 0.3) is 72.0 Å². The summed E-state index contributed by atoms with van der Waals surface area (Å²) in [5.74, 6) is 0. The van der Waals surface area contributed by atoms with E-state index in [2.05, 4.69) is 190 Å². The van der Waals surface area contributed by atoms with Crippen molar-refractivity contribution >= 4 is 37.7 Å². The van der Waals surface area contributed by atoms with E-state index in [-0.39, 0.29) is 0 Å². The number of aromatic nitrogens is 1. The first-order chi connectivity index (χ1) is 21.8. The predicted molar refractivity (Wildman–Crippen MR) is 190 cm³/mol. The zero-order valence-electron chi connectivity index (χ0n) is 24.0. The SMILES string of the molecule is Brc1ccc(-c2ccccc2-c2ccc3c4ccccc4n(-c4c(-c5ccccc5)cccc4-c4ccccc4)c3c2)cc1. The Morgan fingerprint density at radius 1 is 0.341 bits per heavy atom. The minimum Gasteiger partial charge on any atom is -0.308 e. The molecule has 0 aliphatic carbocycles. The molecule has 0 bridgehead atoms. The normalized spacial score (nSPS) is 11.3. The van der Waals surface area contributed by atoms with Gasteiger partial charge in [-0.05, 0) is 57.6 Å². The maximum Gasteiger partial charge on any atom is 0.0618 e. The molecule has 208 valence electrons. The molecule has 0 saturated heterocycles. The Labute approximate surface area is 265 Å². The number of benzene rings is 7. The van der Waals surface area contributed by atoms with Crippen molar-refractivity contribution in [2.24, 2.45) is 0 Å². The van der Waals surface area contributed by atoms with Crippen LogP contribution in [0.1, 0.15) is 0 Å². The Morgan fingerprint density at radius 2 is 0.818 bits per heavy atom. The third-order valence-electron chi connectivity index (χ3n) is 8.50. The van der Waals surface area contributed by atoms with E-state index in [0.717, 1.165) is 4.47 Å². The van der Waals surface area contributed by atoms with Crippen molar-refractivity contribution in [3.8, 4) is 50.2 Å². The molecule has 0 unspecified atom stereocenters. The molecule has 2 heteroatoms. The molecule has 0 amide bonds. The lowest BCUT2D eigenvalue weighted by molar-refractivity contribution is 1.18. The van der Waals surface area contributed by atoms with Gasteiger partial charge in [0.25, 0.3) is 0 Å². The second kappa shape index (κ2) is 11.1. The number of para-hydroxylation sites is 2. The van der Waals surface area contributed by atoms with E-state index < -0.39 is 0 Å². The molecule has 0 N–H and O–H groups in total. The number of hydrogen-bond donors (Lipinski definition) is 0. The topological polar surface area (TPSA) is 4.93 Å². The van der Waals surface area contributed by atoms with Crippen LogP contribution < -0.4 is 0 Å². The largest absolute Gasteiger partial charge is 0.308 e. The summed E-state index contributed by atoms with van der Waals surface area (Å²) in [7, 11) is 0. The highest BCUT2D eigenvalue weighted by Gasteiger charge is 2.20. The molecule has 0 aliphatic heterocycles. The summed E-state index contributed by atoms with van der Waals surface area (Å²) in [5.41, 5.74) is 13.2. The quantitative estimate of drug-likeness (QED) is 0.179. The van der Waals surface area contributed by atoms with E-state index in [0.29, 0.717) is 0 Å². The van der Waals surface area contributed by atoms with Crippen LogP contribution in [0.4, 0.5) is 0 Å². The highest BCUT2D eigenvalue weighted by Crippen LogP contribution is 2.43. The molecular formula is C42H28BrN. The summed E-state index contributed by atoms with van der Waals surface area (Å²) < 4.78 is 3.57. The van der Waals surface area contributed by atoms with Crippen molar-refractivity contribution in [1.82, 2.24) is 4.57 Å². The lowest BCUT2D eigenvalue weighted by atomic mass is 9.93. The van der Waals surface area contributed by atoms with Gasteiger partial charge in [-0.25, -0.2) is 0 Å². The molecule has 7 aromatic carbocycles. The highest BCUT2D eigenvalue weighted by atomic mass is 79.9. The summed E-state index contributed by atoms with van der Waals surface area (Å²) >= 11 is 3.60. The van der Waals surface area contributed by atoms with Crippen molar-refractivity contribution in [2.75, 3.05) is 0 Å². The lowest BCUT2D eigenvalue weighted by Gasteiger charge is -2.19. The van der Waals surface area contributed by atoms with Gasteiger partial charge in [0.2, 0.25) is 0 Å². The summed E-state index contributed by atoms with van der Waals surface area (Å²) in [6, 6.07) is 61.2. The fourth-order valence-electron chi connectivity index (χ4n) is 6.48. The van der Waals surface area contributed by atoms with Crippen molar-refractivity contribution in [1.29, 1.82) is 0 Å². The molecule has 0 saturated carbocycles. The van der Waals surface area contributed by atoms with Crippen LogP contribution in [-0.2, 0) is 0 Å². The van der Waals surface area contributed by atoms with E-state index in [1.54, 1.807) is 0 Å². The molecule has 0 aliphatic rings. The van der Waals surface area contributed by atoms with Crippen LogP contribution in [-0.4, -0.2) is 4.57 Å².